The Morgan fingerprint density at radius 3 is 2.50 bits per heavy atom. The van der Waals surface area contributed by atoms with E-state index >= 15 is 0 Å². The van der Waals surface area contributed by atoms with Crippen LogP contribution in [0.2, 0.25) is 5.02 Å². The second kappa shape index (κ2) is 8.64. The molecule has 3 N–H and O–H groups in total. The van der Waals surface area contributed by atoms with Gasteiger partial charge in [-0.05, 0) is 30.3 Å². The van der Waals surface area contributed by atoms with Crippen LogP contribution in [0.3, 0.4) is 0 Å². The third-order valence-corrected chi connectivity index (χ3v) is 3.06. The Bertz CT molecular complexity index is 724. The van der Waals surface area contributed by atoms with Crippen molar-refractivity contribution in [2.75, 3.05) is 19.0 Å². The van der Waals surface area contributed by atoms with E-state index in [1.54, 1.807) is 48.5 Å². The largest absolute Gasteiger partial charge is 0.493 e. The Labute approximate surface area is 143 Å². The number of methoxy groups -OCH3 is 1. The lowest BCUT2D eigenvalue weighted by atomic mass is 10.3. The molecule has 2 rings (SSSR count). The molecule has 7 nitrogen and oxygen atoms in total. The average molecular weight is 350 g/mol. The summed E-state index contributed by atoms with van der Waals surface area (Å²) >= 11 is 5.81. The number of para-hydroxylation sites is 2. The molecular formula is C16H16ClN3O4. The van der Waals surface area contributed by atoms with Gasteiger partial charge in [0.1, 0.15) is 0 Å². The van der Waals surface area contributed by atoms with Gasteiger partial charge >= 0.3 is 6.03 Å². The maximum absolute atomic E-state index is 11.7. The van der Waals surface area contributed by atoms with Crippen LogP contribution in [-0.4, -0.2) is 25.7 Å². The van der Waals surface area contributed by atoms with Gasteiger partial charge in [-0.15, -0.1) is 0 Å². The van der Waals surface area contributed by atoms with Gasteiger partial charge in [-0.25, -0.2) is 10.2 Å². The number of rotatable bonds is 5. The minimum absolute atomic E-state index is 0.280. The van der Waals surface area contributed by atoms with Crippen molar-refractivity contribution in [2.24, 2.45) is 0 Å². The number of carbonyl (C=O) groups excluding carboxylic acids is 2. The van der Waals surface area contributed by atoms with Crippen LogP contribution in [0.15, 0.2) is 48.5 Å². The van der Waals surface area contributed by atoms with Gasteiger partial charge in [-0.2, -0.15) is 0 Å². The van der Waals surface area contributed by atoms with Crippen LogP contribution in [0.25, 0.3) is 0 Å². The highest BCUT2D eigenvalue weighted by atomic mass is 35.5. The van der Waals surface area contributed by atoms with Crippen molar-refractivity contribution in [1.82, 2.24) is 10.9 Å². The summed E-state index contributed by atoms with van der Waals surface area (Å²) in [6.07, 6.45) is 0. The van der Waals surface area contributed by atoms with Crippen LogP contribution < -0.4 is 25.6 Å². The van der Waals surface area contributed by atoms with E-state index in [2.05, 4.69) is 16.2 Å². The minimum Gasteiger partial charge on any atom is -0.493 e. The third kappa shape index (κ3) is 5.36. The Kier molecular flexibility index (Phi) is 6.27. The van der Waals surface area contributed by atoms with Crippen LogP contribution in [-0.2, 0) is 4.79 Å². The first-order chi connectivity index (χ1) is 11.6. The molecule has 3 amide bonds. The Balaban J connectivity index is 1.75. The van der Waals surface area contributed by atoms with Crippen LogP contribution in [0.4, 0.5) is 10.5 Å². The Morgan fingerprint density at radius 2 is 1.79 bits per heavy atom. The molecule has 0 saturated carbocycles. The zero-order valence-electron chi connectivity index (χ0n) is 12.8. The van der Waals surface area contributed by atoms with E-state index in [0.29, 0.717) is 22.2 Å². The topological polar surface area (TPSA) is 88.7 Å². The summed E-state index contributed by atoms with van der Waals surface area (Å²) in [6, 6.07) is 12.9. The molecule has 8 heteroatoms. The highest BCUT2D eigenvalue weighted by molar-refractivity contribution is 6.30. The number of hydrogen-bond acceptors (Lipinski definition) is 4. The zero-order valence-corrected chi connectivity index (χ0v) is 13.6. The van der Waals surface area contributed by atoms with Gasteiger partial charge in [-0.1, -0.05) is 29.8 Å². The fourth-order valence-electron chi connectivity index (χ4n) is 1.77. The smallest absolute Gasteiger partial charge is 0.337 e. The SMILES string of the molecule is COc1ccccc1OCC(=O)NNC(=O)Nc1cccc(Cl)c1. The van der Waals surface area contributed by atoms with Crippen molar-refractivity contribution >= 4 is 29.2 Å². The monoisotopic (exact) mass is 349 g/mol. The van der Waals surface area contributed by atoms with Crippen molar-refractivity contribution in [1.29, 1.82) is 0 Å². The van der Waals surface area contributed by atoms with E-state index in [4.69, 9.17) is 21.1 Å². The summed E-state index contributed by atoms with van der Waals surface area (Å²) in [5.74, 6) is 0.414. The van der Waals surface area contributed by atoms with Crippen molar-refractivity contribution in [3.8, 4) is 11.5 Å². The highest BCUT2D eigenvalue weighted by Crippen LogP contribution is 2.25. The lowest BCUT2D eigenvalue weighted by molar-refractivity contribution is -0.123. The van der Waals surface area contributed by atoms with Gasteiger partial charge in [0.25, 0.3) is 5.91 Å². The fraction of sp³-hybridized carbons (Fsp3) is 0.125. The Morgan fingerprint density at radius 1 is 1.04 bits per heavy atom. The summed E-state index contributed by atoms with van der Waals surface area (Å²) in [7, 11) is 1.50. The molecular weight excluding hydrogens is 334 g/mol. The molecule has 0 bridgehead atoms. The number of ether oxygens (including phenoxy) is 2. The quantitative estimate of drug-likeness (QED) is 0.724. The molecule has 0 atom stereocenters. The number of benzene rings is 2. The van der Waals surface area contributed by atoms with Gasteiger partial charge in [0.05, 0.1) is 7.11 Å². The van der Waals surface area contributed by atoms with Gasteiger partial charge in [-0.3, -0.25) is 10.2 Å². The van der Waals surface area contributed by atoms with Crippen LogP contribution in [0, 0.1) is 0 Å². The second-order valence-corrected chi connectivity index (χ2v) is 5.01. The number of halogens is 1. The molecule has 24 heavy (non-hydrogen) atoms. The van der Waals surface area contributed by atoms with Crippen LogP contribution >= 0.6 is 11.6 Å². The van der Waals surface area contributed by atoms with E-state index in [-0.39, 0.29) is 6.61 Å². The fourth-order valence-corrected chi connectivity index (χ4v) is 1.96. The number of nitrogens with one attached hydrogen (secondary N) is 3. The van der Waals surface area contributed by atoms with Crippen LogP contribution in [0.1, 0.15) is 0 Å². The third-order valence-electron chi connectivity index (χ3n) is 2.83. The van der Waals surface area contributed by atoms with Gasteiger partial charge in [0, 0.05) is 10.7 Å². The predicted molar refractivity (Wildman–Crippen MR) is 90.2 cm³/mol. The molecule has 0 aliphatic carbocycles. The van der Waals surface area contributed by atoms with E-state index in [1.165, 1.54) is 7.11 Å². The average Bonchev–Trinajstić information content (AvgIpc) is 2.58. The highest BCUT2D eigenvalue weighted by Gasteiger charge is 2.08. The first kappa shape index (κ1) is 17.4. The van der Waals surface area contributed by atoms with Gasteiger partial charge in [0.2, 0.25) is 0 Å². The second-order valence-electron chi connectivity index (χ2n) is 4.58. The molecule has 0 saturated heterocycles. The number of amides is 3. The molecule has 0 unspecified atom stereocenters. The van der Waals surface area contributed by atoms with Crippen molar-refractivity contribution < 1.29 is 19.1 Å². The van der Waals surface area contributed by atoms with E-state index in [0.717, 1.165) is 0 Å². The maximum Gasteiger partial charge on any atom is 0.337 e. The van der Waals surface area contributed by atoms with Crippen molar-refractivity contribution in [3.63, 3.8) is 0 Å². The van der Waals surface area contributed by atoms with E-state index in [1.807, 2.05) is 0 Å². The van der Waals surface area contributed by atoms with Crippen molar-refractivity contribution in [2.45, 2.75) is 0 Å². The standard InChI is InChI=1S/C16H16ClN3O4/c1-23-13-7-2-3-8-14(13)24-10-15(21)19-20-16(22)18-12-6-4-5-11(17)9-12/h2-9H,10H2,1H3,(H,19,21)(H2,18,20,22). The number of carbonyl (C=O) groups is 2. The number of urea groups is 1. The molecule has 0 radical (unpaired) electrons. The van der Waals surface area contributed by atoms with Gasteiger partial charge in [0.15, 0.2) is 18.1 Å². The number of hydrazine groups is 1. The first-order valence-corrected chi connectivity index (χ1v) is 7.33. The van der Waals surface area contributed by atoms with Crippen molar-refractivity contribution in [3.05, 3.63) is 53.6 Å². The summed E-state index contributed by atoms with van der Waals surface area (Å²) in [5, 5.41) is 3.01. The molecule has 0 aromatic heterocycles. The molecule has 0 aliphatic rings. The number of hydrogen-bond donors (Lipinski definition) is 3. The zero-order chi connectivity index (χ0) is 17.4. The molecule has 126 valence electrons. The summed E-state index contributed by atoms with van der Waals surface area (Å²) < 4.78 is 10.4. The van der Waals surface area contributed by atoms with Gasteiger partial charge < -0.3 is 14.8 Å². The summed E-state index contributed by atoms with van der Waals surface area (Å²) in [5.41, 5.74) is 4.94. The lowest BCUT2D eigenvalue weighted by Crippen LogP contribution is -2.45. The normalized spacial score (nSPS) is 9.75. The molecule has 2 aromatic carbocycles. The first-order valence-electron chi connectivity index (χ1n) is 6.95. The molecule has 0 fully saturated rings. The van der Waals surface area contributed by atoms with Crippen LogP contribution in [0.5, 0.6) is 11.5 Å². The molecule has 0 spiro atoms. The molecule has 0 heterocycles. The summed E-state index contributed by atoms with van der Waals surface area (Å²) in [6.45, 7) is -0.280. The van der Waals surface area contributed by atoms with E-state index < -0.39 is 11.9 Å². The summed E-state index contributed by atoms with van der Waals surface area (Å²) in [4.78, 5) is 23.3. The van der Waals surface area contributed by atoms with E-state index in [9.17, 15) is 9.59 Å². The number of anilines is 1. The Hall–Kier alpha value is -2.93. The predicted octanol–water partition coefficient (Wildman–Crippen LogP) is 2.58. The molecule has 0 aliphatic heterocycles. The molecule has 2 aromatic rings. The lowest BCUT2D eigenvalue weighted by Gasteiger charge is -2.11. The minimum atomic E-state index is -0.608. The maximum atomic E-state index is 11.7.